The van der Waals surface area contributed by atoms with E-state index in [1.165, 1.54) is 11.5 Å². The first-order valence-corrected chi connectivity index (χ1v) is 17.0. The summed E-state index contributed by atoms with van der Waals surface area (Å²) < 4.78 is 18.6. The standard InChI is InChI=1S/C34H42N6O5S/c41-33(11-12-34(42)40-25-30-7-2-1-5-28(30)9-10-29-6-3-4-8-32(29)40)35-13-17-43-19-21-45-22-20-44-18-14-39-27-31(36-37-39)26-38-15-23-46-24-16-38/h1-8,27H,11-26H2,(H,35,41). The van der Waals surface area contributed by atoms with Gasteiger partial charge < -0.3 is 24.4 Å². The minimum atomic E-state index is -0.186. The molecule has 1 fully saturated rings. The molecular formula is C34H42N6O5S. The predicted molar refractivity (Wildman–Crippen MR) is 177 cm³/mol. The summed E-state index contributed by atoms with van der Waals surface area (Å²) in [5, 5.41) is 11.3. The fourth-order valence-electron chi connectivity index (χ4n) is 5.12. The van der Waals surface area contributed by atoms with Gasteiger partial charge in [-0.25, -0.2) is 4.68 Å². The molecule has 2 aromatic carbocycles. The van der Waals surface area contributed by atoms with Crippen molar-refractivity contribution in [2.45, 2.75) is 32.5 Å². The van der Waals surface area contributed by atoms with Gasteiger partial charge in [0.1, 0.15) is 0 Å². The van der Waals surface area contributed by atoms with Crippen LogP contribution in [0.2, 0.25) is 0 Å². The van der Waals surface area contributed by atoms with Gasteiger partial charge in [-0.15, -0.1) is 5.10 Å². The average Bonchev–Trinajstić information content (AvgIpc) is 3.52. The second-order valence-electron chi connectivity index (χ2n) is 11.0. The van der Waals surface area contributed by atoms with E-state index in [2.05, 4.69) is 32.4 Å². The number of benzene rings is 2. The van der Waals surface area contributed by atoms with Gasteiger partial charge in [0.15, 0.2) is 0 Å². The highest BCUT2D eigenvalue weighted by molar-refractivity contribution is 7.99. The third-order valence-electron chi connectivity index (χ3n) is 7.59. The Morgan fingerprint density at radius 2 is 1.54 bits per heavy atom. The minimum Gasteiger partial charge on any atom is -0.377 e. The van der Waals surface area contributed by atoms with Crippen LogP contribution >= 0.6 is 11.8 Å². The molecule has 2 amide bonds. The van der Waals surface area contributed by atoms with Crippen molar-refractivity contribution in [2.24, 2.45) is 0 Å². The topological polar surface area (TPSA) is 111 Å². The quantitative estimate of drug-likeness (QED) is 0.175. The molecule has 0 atom stereocenters. The first kappa shape index (κ1) is 33.6. The molecule has 0 saturated carbocycles. The van der Waals surface area contributed by atoms with Gasteiger partial charge in [0.05, 0.1) is 64.1 Å². The summed E-state index contributed by atoms with van der Waals surface area (Å²) in [5.74, 6) is 8.47. The Balaban J connectivity index is 0.879. The van der Waals surface area contributed by atoms with Crippen LogP contribution in [0.3, 0.4) is 0 Å². The molecule has 0 bridgehead atoms. The number of hydrogen-bond acceptors (Lipinski definition) is 9. The number of amides is 2. The zero-order chi connectivity index (χ0) is 31.8. The monoisotopic (exact) mass is 646 g/mol. The minimum absolute atomic E-state index is 0.101. The third-order valence-corrected chi connectivity index (χ3v) is 8.53. The molecule has 5 rings (SSSR count). The number of anilines is 1. The highest BCUT2D eigenvalue weighted by Gasteiger charge is 2.21. The molecular weight excluding hydrogens is 604 g/mol. The van der Waals surface area contributed by atoms with Crippen molar-refractivity contribution >= 4 is 29.3 Å². The van der Waals surface area contributed by atoms with Crippen LogP contribution in [0, 0.1) is 11.8 Å². The number of carbonyl (C=O) groups excluding carboxylic acids is 2. The lowest BCUT2D eigenvalue weighted by molar-refractivity contribution is -0.125. The van der Waals surface area contributed by atoms with E-state index in [4.69, 9.17) is 14.2 Å². The number of rotatable bonds is 17. The lowest BCUT2D eigenvalue weighted by Crippen LogP contribution is -2.34. The van der Waals surface area contributed by atoms with E-state index < -0.39 is 0 Å². The number of thioether (sulfide) groups is 1. The number of hydrogen-bond donors (Lipinski definition) is 1. The number of nitrogens with one attached hydrogen (secondary N) is 1. The van der Waals surface area contributed by atoms with Crippen LogP contribution in [0.4, 0.5) is 5.69 Å². The molecule has 1 aromatic heterocycles. The highest BCUT2D eigenvalue weighted by atomic mass is 32.2. The Morgan fingerprint density at radius 3 is 2.37 bits per heavy atom. The van der Waals surface area contributed by atoms with Crippen molar-refractivity contribution in [1.29, 1.82) is 0 Å². The fraction of sp³-hybridized carbons (Fsp3) is 0.471. The van der Waals surface area contributed by atoms with E-state index in [1.54, 1.807) is 4.90 Å². The Labute approximate surface area is 274 Å². The zero-order valence-electron chi connectivity index (χ0n) is 26.2. The van der Waals surface area contributed by atoms with Crippen LogP contribution in [-0.4, -0.2) is 102 Å². The number of carbonyl (C=O) groups is 2. The van der Waals surface area contributed by atoms with E-state index >= 15 is 0 Å². The fourth-order valence-corrected chi connectivity index (χ4v) is 6.10. The Morgan fingerprint density at radius 1 is 0.848 bits per heavy atom. The molecule has 2 aliphatic rings. The van der Waals surface area contributed by atoms with Crippen LogP contribution < -0.4 is 10.2 Å². The van der Waals surface area contributed by atoms with Gasteiger partial charge in [-0.05, 0) is 23.8 Å². The predicted octanol–water partition coefficient (Wildman–Crippen LogP) is 2.72. The van der Waals surface area contributed by atoms with Crippen LogP contribution in [0.25, 0.3) is 0 Å². The summed E-state index contributed by atoms with van der Waals surface area (Å²) in [6.45, 7) is 7.24. The normalized spacial score (nSPS) is 14.4. The van der Waals surface area contributed by atoms with Gasteiger partial charge in [0, 0.05) is 67.9 Å². The summed E-state index contributed by atoms with van der Waals surface area (Å²) >= 11 is 2.00. The van der Waals surface area contributed by atoms with Crippen molar-refractivity contribution in [3.8, 4) is 11.8 Å². The maximum atomic E-state index is 13.3. The van der Waals surface area contributed by atoms with Gasteiger partial charge in [0.2, 0.25) is 11.8 Å². The average molecular weight is 647 g/mol. The Kier molecular flexibility index (Phi) is 13.5. The molecule has 0 spiro atoms. The van der Waals surface area contributed by atoms with Crippen LogP contribution in [0.1, 0.15) is 35.2 Å². The number of ether oxygens (including phenoxy) is 3. The van der Waals surface area contributed by atoms with E-state index in [-0.39, 0.29) is 24.7 Å². The van der Waals surface area contributed by atoms with Crippen molar-refractivity contribution in [2.75, 3.05) is 75.7 Å². The van der Waals surface area contributed by atoms with Crippen LogP contribution in [0.15, 0.2) is 54.7 Å². The first-order valence-electron chi connectivity index (χ1n) is 15.8. The number of aromatic nitrogens is 3. The van der Waals surface area contributed by atoms with Crippen LogP contribution in [0.5, 0.6) is 0 Å². The maximum absolute atomic E-state index is 13.3. The summed E-state index contributed by atoms with van der Waals surface area (Å²) in [5.41, 5.74) is 4.44. The van der Waals surface area contributed by atoms with Crippen molar-refractivity contribution in [3.63, 3.8) is 0 Å². The number of fused-ring (bicyclic) bond motifs is 2. The molecule has 0 unspecified atom stereocenters. The zero-order valence-corrected chi connectivity index (χ0v) is 27.0. The molecule has 2 aliphatic heterocycles. The molecule has 46 heavy (non-hydrogen) atoms. The van der Waals surface area contributed by atoms with Gasteiger partial charge in [-0.2, -0.15) is 11.8 Å². The highest BCUT2D eigenvalue weighted by Crippen LogP contribution is 2.26. The van der Waals surface area contributed by atoms with E-state index in [0.717, 1.165) is 47.7 Å². The SMILES string of the molecule is O=C(CCC(=O)N1Cc2ccccc2C#Cc2ccccc21)NCCOCCOCCOCCn1cc(CN2CCSCC2)nn1. The van der Waals surface area contributed by atoms with E-state index in [1.807, 2.05) is 71.2 Å². The van der Waals surface area contributed by atoms with Gasteiger partial charge in [-0.1, -0.05) is 47.4 Å². The van der Waals surface area contributed by atoms with E-state index in [9.17, 15) is 9.59 Å². The van der Waals surface area contributed by atoms with Gasteiger partial charge >= 0.3 is 0 Å². The molecule has 11 nitrogen and oxygen atoms in total. The molecule has 1 saturated heterocycles. The number of para-hydroxylation sites is 1. The second-order valence-corrected chi connectivity index (χ2v) is 12.2. The van der Waals surface area contributed by atoms with Crippen LogP contribution in [-0.2, 0) is 43.4 Å². The maximum Gasteiger partial charge on any atom is 0.227 e. The summed E-state index contributed by atoms with van der Waals surface area (Å²) in [6, 6.07) is 15.4. The molecule has 0 aliphatic carbocycles. The lowest BCUT2D eigenvalue weighted by atomic mass is 10.0. The summed E-state index contributed by atoms with van der Waals surface area (Å²) in [7, 11) is 0. The van der Waals surface area contributed by atoms with Gasteiger partial charge in [0.25, 0.3) is 0 Å². The Bertz CT molecular complexity index is 1480. The number of nitrogens with zero attached hydrogens (tertiary/aromatic N) is 5. The molecule has 3 aromatic rings. The van der Waals surface area contributed by atoms with Crippen molar-refractivity contribution in [1.82, 2.24) is 25.2 Å². The third kappa shape index (κ3) is 10.7. The lowest BCUT2D eigenvalue weighted by Gasteiger charge is -2.26. The van der Waals surface area contributed by atoms with Crippen molar-refractivity contribution < 1.29 is 23.8 Å². The molecule has 0 radical (unpaired) electrons. The summed E-state index contributed by atoms with van der Waals surface area (Å²) in [4.78, 5) is 29.8. The summed E-state index contributed by atoms with van der Waals surface area (Å²) in [6.07, 6.45) is 2.20. The van der Waals surface area contributed by atoms with E-state index in [0.29, 0.717) is 59.3 Å². The Hall–Kier alpha value is -3.73. The second kappa shape index (κ2) is 18.4. The largest absolute Gasteiger partial charge is 0.377 e. The van der Waals surface area contributed by atoms with Crippen molar-refractivity contribution in [3.05, 3.63) is 77.1 Å². The molecule has 3 heterocycles. The smallest absolute Gasteiger partial charge is 0.227 e. The first-order chi connectivity index (χ1) is 22.7. The van der Waals surface area contributed by atoms with Gasteiger partial charge in [-0.3, -0.25) is 14.5 Å². The molecule has 244 valence electrons. The molecule has 1 N–H and O–H groups in total. The molecule has 12 heteroatoms.